The molecule has 0 aromatic carbocycles. The third-order valence-corrected chi connectivity index (χ3v) is 10.4. The Kier molecular flexibility index (Phi) is 4.30. The van der Waals surface area contributed by atoms with Gasteiger partial charge in [-0.25, -0.2) is 0 Å². The molecule has 124 valence electrons. The summed E-state index contributed by atoms with van der Waals surface area (Å²) in [6.45, 7) is 12.9. The molecular formula is C18H30O3Si. The van der Waals surface area contributed by atoms with Crippen molar-refractivity contribution in [3.05, 3.63) is 23.5 Å². The Labute approximate surface area is 135 Å². The van der Waals surface area contributed by atoms with Gasteiger partial charge in [-0.1, -0.05) is 26.3 Å². The van der Waals surface area contributed by atoms with Gasteiger partial charge in [0.2, 0.25) is 0 Å². The van der Waals surface area contributed by atoms with E-state index in [2.05, 4.69) is 39.9 Å². The summed E-state index contributed by atoms with van der Waals surface area (Å²) >= 11 is 0. The van der Waals surface area contributed by atoms with Crippen molar-refractivity contribution in [2.75, 3.05) is 13.2 Å². The van der Waals surface area contributed by atoms with Crippen LogP contribution in [0.15, 0.2) is 23.5 Å². The molecule has 4 heteroatoms. The predicted octanol–water partition coefficient (Wildman–Crippen LogP) is 4.42. The summed E-state index contributed by atoms with van der Waals surface area (Å²) in [4.78, 5) is 0. The van der Waals surface area contributed by atoms with Gasteiger partial charge in [0.15, 0.2) is 8.32 Å². The first-order valence-electron chi connectivity index (χ1n) is 8.58. The van der Waals surface area contributed by atoms with Gasteiger partial charge in [0.25, 0.3) is 0 Å². The molecule has 0 saturated heterocycles. The van der Waals surface area contributed by atoms with Crippen molar-refractivity contribution in [2.24, 2.45) is 5.92 Å². The molecule has 0 spiro atoms. The second kappa shape index (κ2) is 5.80. The monoisotopic (exact) mass is 322 g/mol. The van der Waals surface area contributed by atoms with E-state index in [1.54, 1.807) is 5.57 Å². The van der Waals surface area contributed by atoms with E-state index in [9.17, 15) is 0 Å². The standard InChI is InChI=1S/C18H30O3Si/c1-18(2,3)22(4,5)21-12-16-17-15(9-10-19-16)14-8-6-7-13(14)11-20-17/h9-10,15-17H,6-8,11-12H2,1-5H3/t15-,16-,17+/m1/s1. The molecule has 3 nitrogen and oxygen atoms in total. The van der Waals surface area contributed by atoms with Gasteiger partial charge in [0.1, 0.15) is 12.2 Å². The Morgan fingerprint density at radius 3 is 2.77 bits per heavy atom. The fraction of sp³-hybridized carbons (Fsp3) is 0.778. The van der Waals surface area contributed by atoms with E-state index in [0.29, 0.717) is 12.5 Å². The summed E-state index contributed by atoms with van der Waals surface area (Å²) < 4.78 is 18.4. The third-order valence-electron chi connectivity index (χ3n) is 5.91. The summed E-state index contributed by atoms with van der Waals surface area (Å²) in [6.07, 6.45) is 7.96. The van der Waals surface area contributed by atoms with Gasteiger partial charge in [-0.05, 0) is 49.0 Å². The first kappa shape index (κ1) is 16.3. The first-order valence-corrected chi connectivity index (χ1v) is 11.5. The van der Waals surface area contributed by atoms with Crippen molar-refractivity contribution in [2.45, 2.75) is 70.4 Å². The molecule has 1 aliphatic carbocycles. The van der Waals surface area contributed by atoms with E-state index in [4.69, 9.17) is 13.9 Å². The highest BCUT2D eigenvalue weighted by Crippen LogP contribution is 2.42. The van der Waals surface area contributed by atoms with Crippen molar-refractivity contribution in [1.29, 1.82) is 0 Å². The molecule has 3 rings (SSSR count). The van der Waals surface area contributed by atoms with Gasteiger partial charge in [0, 0.05) is 5.92 Å². The fourth-order valence-corrected chi connectivity index (χ4v) is 4.42. The highest BCUT2D eigenvalue weighted by molar-refractivity contribution is 6.74. The van der Waals surface area contributed by atoms with Crippen LogP contribution in [0.4, 0.5) is 0 Å². The zero-order valence-corrected chi connectivity index (χ0v) is 15.6. The van der Waals surface area contributed by atoms with Crippen LogP contribution in [0.3, 0.4) is 0 Å². The van der Waals surface area contributed by atoms with Crippen molar-refractivity contribution >= 4 is 8.32 Å². The van der Waals surface area contributed by atoms with Gasteiger partial charge in [-0.3, -0.25) is 0 Å². The molecule has 2 aliphatic heterocycles. The quantitative estimate of drug-likeness (QED) is 0.569. The van der Waals surface area contributed by atoms with Crippen molar-refractivity contribution in [3.8, 4) is 0 Å². The second-order valence-electron chi connectivity index (χ2n) is 8.36. The number of hydrogen-bond donors (Lipinski definition) is 0. The Balaban J connectivity index is 1.68. The highest BCUT2D eigenvalue weighted by Gasteiger charge is 2.43. The largest absolute Gasteiger partial charge is 0.493 e. The third kappa shape index (κ3) is 2.93. The van der Waals surface area contributed by atoms with Crippen LogP contribution in [0.1, 0.15) is 40.0 Å². The van der Waals surface area contributed by atoms with Gasteiger partial charge >= 0.3 is 0 Å². The molecule has 0 unspecified atom stereocenters. The van der Waals surface area contributed by atoms with Crippen LogP contribution in [0.25, 0.3) is 0 Å². The van der Waals surface area contributed by atoms with Crippen molar-refractivity contribution < 1.29 is 13.9 Å². The maximum Gasteiger partial charge on any atom is 0.192 e. The van der Waals surface area contributed by atoms with Gasteiger partial charge in [-0.15, -0.1) is 0 Å². The molecule has 3 aliphatic rings. The average molecular weight is 323 g/mol. The van der Waals surface area contributed by atoms with E-state index < -0.39 is 8.32 Å². The summed E-state index contributed by atoms with van der Waals surface area (Å²) in [7, 11) is -1.74. The van der Waals surface area contributed by atoms with Crippen molar-refractivity contribution in [1.82, 2.24) is 0 Å². The highest BCUT2D eigenvalue weighted by atomic mass is 28.4. The van der Waals surface area contributed by atoms with Gasteiger partial charge in [-0.2, -0.15) is 0 Å². The number of rotatable bonds is 3. The van der Waals surface area contributed by atoms with Crippen LogP contribution in [0.2, 0.25) is 18.1 Å². The van der Waals surface area contributed by atoms with Crippen LogP contribution < -0.4 is 0 Å². The molecule has 0 bridgehead atoms. The molecule has 2 heterocycles. The Morgan fingerprint density at radius 2 is 2.05 bits per heavy atom. The molecule has 0 radical (unpaired) electrons. The Hall–Kier alpha value is -0.583. The predicted molar refractivity (Wildman–Crippen MR) is 91.3 cm³/mol. The maximum absolute atomic E-state index is 6.38. The minimum Gasteiger partial charge on any atom is -0.493 e. The minimum absolute atomic E-state index is 0.0266. The number of fused-ring (bicyclic) bond motifs is 2. The minimum atomic E-state index is -1.74. The molecule has 0 fully saturated rings. The lowest BCUT2D eigenvalue weighted by Crippen LogP contribution is -2.49. The molecule has 0 amide bonds. The lowest BCUT2D eigenvalue weighted by molar-refractivity contribution is -0.0850. The molecule has 0 N–H and O–H groups in total. The molecule has 3 atom stereocenters. The summed E-state index contributed by atoms with van der Waals surface area (Å²) in [5, 5.41) is 0.228. The number of ether oxygens (including phenoxy) is 2. The molecule has 22 heavy (non-hydrogen) atoms. The summed E-state index contributed by atoms with van der Waals surface area (Å²) in [5.41, 5.74) is 3.16. The zero-order chi connectivity index (χ0) is 16.0. The lowest BCUT2D eigenvalue weighted by atomic mass is 9.85. The second-order valence-corrected chi connectivity index (χ2v) is 13.2. The van der Waals surface area contributed by atoms with Crippen LogP contribution >= 0.6 is 0 Å². The lowest BCUT2D eigenvalue weighted by Gasteiger charge is -2.42. The van der Waals surface area contributed by atoms with Gasteiger partial charge in [0.05, 0.1) is 19.5 Å². The van der Waals surface area contributed by atoms with Crippen LogP contribution in [0, 0.1) is 5.92 Å². The SMILES string of the molecule is CC(C)(C)[Si](C)(C)OC[C@H]1OC=C[C@@H]2C3=C(CCC3)CO[C@@H]21. The smallest absolute Gasteiger partial charge is 0.192 e. The van der Waals surface area contributed by atoms with Crippen LogP contribution in [-0.2, 0) is 13.9 Å². The molecule has 0 aromatic rings. The summed E-state index contributed by atoms with van der Waals surface area (Å²) in [6, 6.07) is 0. The zero-order valence-electron chi connectivity index (χ0n) is 14.6. The van der Waals surface area contributed by atoms with E-state index in [1.165, 1.54) is 24.8 Å². The Morgan fingerprint density at radius 1 is 1.27 bits per heavy atom. The van der Waals surface area contributed by atoms with E-state index in [1.807, 2.05) is 6.26 Å². The number of hydrogen-bond acceptors (Lipinski definition) is 3. The van der Waals surface area contributed by atoms with E-state index >= 15 is 0 Å². The molecule has 0 saturated carbocycles. The Bertz CT molecular complexity index is 487. The summed E-state index contributed by atoms with van der Waals surface area (Å²) in [5.74, 6) is 0.410. The average Bonchev–Trinajstić information content (AvgIpc) is 2.92. The topological polar surface area (TPSA) is 27.7 Å². The van der Waals surface area contributed by atoms with E-state index in [-0.39, 0.29) is 17.2 Å². The normalized spacial score (nSPS) is 31.8. The molecule has 0 aromatic heterocycles. The van der Waals surface area contributed by atoms with Gasteiger partial charge < -0.3 is 13.9 Å². The molecular weight excluding hydrogens is 292 g/mol. The first-order chi connectivity index (χ1) is 10.3. The van der Waals surface area contributed by atoms with Crippen LogP contribution in [0.5, 0.6) is 0 Å². The van der Waals surface area contributed by atoms with Crippen LogP contribution in [-0.4, -0.2) is 33.7 Å². The van der Waals surface area contributed by atoms with E-state index in [0.717, 1.165) is 6.61 Å². The van der Waals surface area contributed by atoms with Crippen molar-refractivity contribution in [3.63, 3.8) is 0 Å². The fourth-order valence-electron chi connectivity index (χ4n) is 3.41. The maximum atomic E-state index is 6.38.